The van der Waals surface area contributed by atoms with Crippen LogP contribution in [0.15, 0.2) is 103 Å². The minimum absolute atomic E-state index is 0.00204. The molecule has 7 atom stereocenters. The van der Waals surface area contributed by atoms with Crippen molar-refractivity contribution < 1.29 is 42.6 Å². The molecule has 0 spiro atoms. The van der Waals surface area contributed by atoms with E-state index in [1.165, 1.54) is 44.9 Å². The summed E-state index contributed by atoms with van der Waals surface area (Å²) < 4.78 is 55.5. The smallest absolute Gasteiger partial charge is 0.146 e. The molecule has 3 aromatic carbocycles. The van der Waals surface area contributed by atoms with Crippen LogP contribution in [0, 0.1) is 0 Å². The third-order valence-corrected chi connectivity index (χ3v) is 11.4. The second kappa shape index (κ2) is 26.3. The zero-order chi connectivity index (χ0) is 40.7. The van der Waals surface area contributed by atoms with Gasteiger partial charge in [-0.1, -0.05) is 161 Å². The van der Waals surface area contributed by atoms with Crippen molar-refractivity contribution in [2.24, 2.45) is 0 Å². The van der Waals surface area contributed by atoms with Gasteiger partial charge in [0, 0.05) is 21.3 Å². The van der Waals surface area contributed by atoms with Gasteiger partial charge in [0.25, 0.3) is 0 Å². The Morgan fingerprint density at radius 1 is 0.603 bits per heavy atom. The van der Waals surface area contributed by atoms with Crippen LogP contribution in [0.1, 0.15) is 107 Å². The summed E-state index contributed by atoms with van der Waals surface area (Å²) in [5, 5.41) is 0. The van der Waals surface area contributed by atoms with Crippen LogP contribution in [0.2, 0.25) is 0 Å². The summed E-state index contributed by atoms with van der Waals surface area (Å²) >= 11 is 0. The molecular formula is C49H70O9. The minimum Gasteiger partial charge on any atom is -0.370 e. The Morgan fingerprint density at radius 3 is 1.71 bits per heavy atom. The summed E-state index contributed by atoms with van der Waals surface area (Å²) in [6, 6.07) is 31.3. The van der Waals surface area contributed by atoms with Crippen molar-refractivity contribution in [3.05, 3.63) is 120 Å². The van der Waals surface area contributed by atoms with Crippen molar-refractivity contribution in [3.63, 3.8) is 0 Å². The topological polar surface area (TPSA) is 83.1 Å². The third-order valence-electron chi connectivity index (χ3n) is 11.4. The van der Waals surface area contributed by atoms with Crippen LogP contribution in [0.3, 0.4) is 0 Å². The van der Waals surface area contributed by atoms with Crippen molar-refractivity contribution in [3.8, 4) is 0 Å². The lowest BCUT2D eigenvalue weighted by molar-refractivity contribution is -0.211. The number of hydrogen-bond donors (Lipinski definition) is 0. The van der Waals surface area contributed by atoms with Crippen molar-refractivity contribution in [2.75, 3.05) is 48.3 Å². The molecule has 0 saturated carbocycles. The molecule has 0 amide bonds. The fourth-order valence-corrected chi connectivity index (χ4v) is 8.41. The number of ether oxygens (including phenoxy) is 9. The number of methoxy groups -OCH3 is 3. The molecular weight excluding hydrogens is 733 g/mol. The number of benzene rings is 3. The summed E-state index contributed by atoms with van der Waals surface area (Å²) in [5.41, 5.74) is 2.32. The van der Waals surface area contributed by atoms with E-state index in [0.717, 1.165) is 42.4 Å². The highest BCUT2D eigenvalue weighted by Crippen LogP contribution is 2.41. The van der Waals surface area contributed by atoms with Crippen molar-refractivity contribution in [1.29, 1.82) is 0 Å². The van der Waals surface area contributed by atoms with Gasteiger partial charge < -0.3 is 42.6 Å². The zero-order valence-corrected chi connectivity index (χ0v) is 35.6. The molecule has 9 nitrogen and oxygen atoms in total. The first kappa shape index (κ1) is 46.1. The molecule has 0 aromatic heterocycles. The van der Waals surface area contributed by atoms with E-state index in [9.17, 15) is 0 Å². The van der Waals surface area contributed by atoms with E-state index in [4.69, 9.17) is 42.6 Å². The Labute approximate surface area is 348 Å². The van der Waals surface area contributed by atoms with Crippen molar-refractivity contribution in [2.45, 2.75) is 139 Å². The fourth-order valence-electron chi connectivity index (χ4n) is 8.41. The average Bonchev–Trinajstić information content (AvgIpc) is 3.75. The maximum absolute atomic E-state index is 7.10. The van der Waals surface area contributed by atoms with E-state index in [1.807, 2.05) is 18.2 Å². The molecule has 1 saturated heterocycles. The van der Waals surface area contributed by atoms with E-state index < -0.39 is 5.60 Å². The molecule has 5 rings (SSSR count). The molecule has 0 N–H and O–H groups in total. The number of unbranched alkanes of at least 4 members (excludes halogenated alkanes) is 7. The second-order valence-corrected chi connectivity index (χ2v) is 15.6. The van der Waals surface area contributed by atoms with E-state index in [2.05, 4.69) is 91.9 Å². The summed E-state index contributed by atoms with van der Waals surface area (Å²) in [6.07, 6.45) is 17.3. The molecule has 2 aliphatic rings. The van der Waals surface area contributed by atoms with Crippen molar-refractivity contribution >= 4 is 0 Å². The van der Waals surface area contributed by atoms with E-state index in [-0.39, 0.29) is 63.1 Å². The molecule has 0 aliphatic carbocycles. The molecule has 0 radical (unpaired) electrons. The number of hydrogen-bond acceptors (Lipinski definition) is 9. The normalized spacial score (nSPS) is 22.0. The van der Waals surface area contributed by atoms with Gasteiger partial charge in [-0.15, -0.1) is 0 Å². The Bertz CT molecular complexity index is 1410. The zero-order valence-electron chi connectivity index (χ0n) is 35.6. The molecule has 0 unspecified atom stereocenters. The van der Waals surface area contributed by atoms with Gasteiger partial charge in [0.1, 0.15) is 32.1 Å². The van der Waals surface area contributed by atoms with E-state index >= 15 is 0 Å². The highest BCUT2D eigenvalue weighted by atomic mass is 16.7. The Kier molecular flexibility index (Phi) is 20.9. The van der Waals surface area contributed by atoms with Gasteiger partial charge in [0.2, 0.25) is 0 Å². The lowest BCUT2D eigenvalue weighted by Gasteiger charge is -2.40. The van der Waals surface area contributed by atoms with Gasteiger partial charge in [0.05, 0.1) is 43.2 Å². The van der Waals surface area contributed by atoms with Crippen LogP contribution in [-0.4, -0.2) is 91.0 Å². The van der Waals surface area contributed by atoms with Gasteiger partial charge >= 0.3 is 0 Å². The predicted molar refractivity (Wildman–Crippen MR) is 228 cm³/mol. The van der Waals surface area contributed by atoms with Gasteiger partial charge in [0.15, 0.2) is 0 Å². The molecule has 9 heteroatoms. The summed E-state index contributed by atoms with van der Waals surface area (Å²) in [7, 11) is 4.97. The van der Waals surface area contributed by atoms with Crippen LogP contribution < -0.4 is 0 Å². The maximum atomic E-state index is 7.10. The van der Waals surface area contributed by atoms with Crippen LogP contribution in [-0.2, 0) is 48.2 Å². The van der Waals surface area contributed by atoms with Crippen LogP contribution >= 0.6 is 0 Å². The second-order valence-electron chi connectivity index (χ2n) is 15.6. The molecule has 58 heavy (non-hydrogen) atoms. The summed E-state index contributed by atoms with van der Waals surface area (Å²) in [6.45, 7) is 3.21. The summed E-state index contributed by atoms with van der Waals surface area (Å²) in [4.78, 5) is 0. The highest BCUT2D eigenvalue weighted by molar-refractivity contribution is 5.47. The molecule has 1 fully saturated rings. The molecule has 2 aliphatic heterocycles. The van der Waals surface area contributed by atoms with Gasteiger partial charge in [-0.05, 0) is 48.8 Å². The van der Waals surface area contributed by atoms with Crippen molar-refractivity contribution in [1.82, 2.24) is 0 Å². The largest absolute Gasteiger partial charge is 0.370 e. The molecule has 320 valence electrons. The van der Waals surface area contributed by atoms with E-state index in [0.29, 0.717) is 19.4 Å². The maximum Gasteiger partial charge on any atom is 0.146 e. The third kappa shape index (κ3) is 13.8. The standard InChI is InChI=1S/C49H70O9/c1-5-6-7-8-9-10-11-21-28-46-43(53-36-50-2)33-34-48(58-46)45(55-38-52-4)32-31-44(54-37-51-3)47-30-29-42(57-47)35-56-49(39-22-15-12-16-23-39,40-24-17-13-18-25-40)41-26-19-14-20-27-41/h12-20,22-27,29-30,42-48H,5-11,21,28,31-38H2,1-4H3/t42-,43+,44-,45-,46-,47-,48-/m0/s1. The van der Waals surface area contributed by atoms with Crippen LogP contribution in [0.25, 0.3) is 0 Å². The van der Waals surface area contributed by atoms with Gasteiger partial charge in [-0.3, -0.25) is 0 Å². The molecule has 3 aromatic rings. The lowest BCUT2D eigenvalue weighted by atomic mass is 9.80. The van der Waals surface area contributed by atoms with Gasteiger partial charge in [-0.2, -0.15) is 0 Å². The highest BCUT2D eigenvalue weighted by Gasteiger charge is 2.40. The van der Waals surface area contributed by atoms with Crippen LogP contribution in [0.5, 0.6) is 0 Å². The van der Waals surface area contributed by atoms with Crippen LogP contribution in [0.4, 0.5) is 0 Å². The first-order valence-electron chi connectivity index (χ1n) is 21.7. The first-order chi connectivity index (χ1) is 28.6. The predicted octanol–water partition coefficient (Wildman–Crippen LogP) is 10.1. The quantitative estimate of drug-likeness (QED) is 0.0295. The Balaban J connectivity index is 1.23. The first-order valence-corrected chi connectivity index (χ1v) is 21.7. The minimum atomic E-state index is -0.837. The lowest BCUT2D eigenvalue weighted by Crippen LogP contribution is -2.46. The monoisotopic (exact) mass is 803 g/mol. The molecule has 0 bridgehead atoms. The van der Waals surface area contributed by atoms with Gasteiger partial charge in [-0.25, -0.2) is 0 Å². The Morgan fingerprint density at radius 2 is 1.14 bits per heavy atom. The van der Waals surface area contributed by atoms with E-state index in [1.54, 1.807) is 21.3 Å². The molecule has 2 heterocycles. The Hall–Kier alpha value is -2.96. The fraction of sp³-hybridized carbons (Fsp3) is 0.592. The SMILES string of the molecule is CCCCCCCCCC[C@@H]1O[C@H]([C@H](CC[C@H](OCOC)[C@@H]2C=C[C@@H](COC(c3ccccc3)(c3ccccc3)c3ccccc3)O2)OCOC)CC[C@H]1OCOC. The summed E-state index contributed by atoms with van der Waals surface area (Å²) in [5.74, 6) is 0. The average molecular weight is 803 g/mol. The number of rotatable bonds is 29.